The Kier molecular flexibility index (Phi) is 29.9. The first-order valence-electron chi connectivity index (χ1n) is 39.5. The van der Waals surface area contributed by atoms with Crippen LogP contribution in [-0.4, -0.2) is 229 Å². The van der Waals surface area contributed by atoms with Crippen molar-refractivity contribution in [3.63, 3.8) is 0 Å². The number of anilines is 10. The van der Waals surface area contributed by atoms with Gasteiger partial charge >= 0.3 is 22.8 Å². The van der Waals surface area contributed by atoms with Gasteiger partial charge in [-0.2, -0.15) is 39.9 Å². The normalized spacial score (nSPS) is 17.4. The maximum absolute atomic E-state index is 12.9. The summed E-state index contributed by atoms with van der Waals surface area (Å²) in [6.45, 7) is 17.0. The zero-order chi connectivity index (χ0) is 87.2. The molecule has 4 fully saturated rings. The van der Waals surface area contributed by atoms with Crippen molar-refractivity contribution in [1.82, 2.24) is 89.7 Å². The number of H-pyrrole nitrogens is 4. The molecule has 6 aromatic heterocycles. The van der Waals surface area contributed by atoms with Crippen molar-refractivity contribution >= 4 is 92.8 Å². The number of piperazine rings is 2. The number of aliphatic hydroxyl groups excluding tert-OH is 2. The van der Waals surface area contributed by atoms with Gasteiger partial charge in [0.1, 0.15) is 66.0 Å². The highest BCUT2D eigenvalue weighted by Gasteiger charge is 2.29. The second-order valence-corrected chi connectivity index (χ2v) is 29.7. The van der Waals surface area contributed by atoms with Gasteiger partial charge < -0.3 is 60.0 Å². The van der Waals surface area contributed by atoms with Crippen LogP contribution >= 0.6 is 23.2 Å². The lowest BCUT2D eigenvalue weighted by molar-refractivity contribution is 0.233. The van der Waals surface area contributed by atoms with Crippen molar-refractivity contribution in [2.24, 2.45) is 0 Å². The highest BCUT2D eigenvalue weighted by Crippen LogP contribution is 2.30. The molecular formula is C83H87Cl2F5N28O6. The van der Waals surface area contributed by atoms with Gasteiger partial charge in [0.15, 0.2) is 0 Å². The number of aliphatic hydroxyl groups is 2. The predicted octanol–water partition coefficient (Wildman–Crippen LogP) is 7.89. The molecule has 0 amide bonds. The maximum atomic E-state index is 12.9. The zero-order valence-corrected chi connectivity index (χ0v) is 68.9. The Balaban J connectivity index is 0.000000128. The number of hydrogen-bond donors (Lipinski definition) is 8. The van der Waals surface area contributed by atoms with Crippen molar-refractivity contribution in [2.45, 2.75) is 57.9 Å². The van der Waals surface area contributed by atoms with E-state index in [1.807, 2.05) is 17.1 Å². The lowest BCUT2D eigenvalue weighted by Crippen LogP contribution is -2.47. The smallest absolute Gasteiger partial charge is 0.349 e. The fraction of sp³-hybridized carbons (Fsp3) is 0.301. The third-order valence-corrected chi connectivity index (χ3v) is 20.8. The van der Waals surface area contributed by atoms with Crippen LogP contribution in [0, 0.1) is 49.9 Å². The number of nitrogens with zero attached hydrogens (tertiary/aromatic N) is 22. The van der Waals surface area contributed by atoms with Crippen LogP contribution in [0.1, 0.15) is 41.2 Å². The van der Waals surface area contributed by atoms with Crippen LogP contribution in [0.2, 0.25) is 10.6 Å². The van der Waals surface area contributed by atoms with Gasteiger partial charge in [-0.1, -0.05) is 54.1 Å². The molecule has 8 N–H and O–H groups in total. The van der Waals surface area contributed by atoms with Crippen LogP contribution in [0.3, 0.4) is 0 Å². The molecule has 0 radical (unpaired) electrons. The quantitative estimate of drug-likeness (QED) is 0.0479. The average molecular weight is 1740 g/mol. The summed E-state index contributed by atoms with van der Waals surface area (Å²) < 4.78 is 64.6. The van der Waals surface area contributed by atoms with Crippen LogP contribution in [-0.2, 0) is 0 Å². The number of β-amino-alcohol motifs (C(OH)–C–C–N with tert-alkyl or cyclic N) is 2. The Morgan fingerprint density at radius 3 is 1.18 bits per heavy atom. The van der Waals surface area contributed by atoms with Crippen LogP contribution in [0.25, 0.3) is 11.1 Å². The molecule has 124 heavy (non-hydrogen) atoms. The Morgan fingerprint density at radius 1 is 0.355 bits per heavy atom. The van der Waals surface area contributed by atoms with Gasteiger partial charge in [0, 0.05) is 126 Å². The summed E-state index contributed by atoms with van der Waals surface area (Å²) >= 11 is 11.5. The summed E-state index contributed by atoms with van der Waals surface area (Å²) in [4.78, 5) is 127. The van der Waals surface area contributed by atoms with Gasteiger partial charge in [-0.15, -0.1) is 0 Å². The standard InChI is InChI=1S/C15H19N5O.C14H12ClFN4O.C14H16FN5O.C14H13FN4O2.C13H13ClFN5.C13H14FN5O/c1-11-3-5-13(6-4-11)19-7-9-20(10-8-19)14-16-12(2)17-15(21)18-14;15-13-17-8-18-14(19-13)20-6-5-11(12(21)7-20)9-1-3-10(16)4-2-9;1-10-16-13(18-14(21)17-10)20-8-6-19(7-9-20)12-4-2-11(15)3-5-12;15-10-3-1-9(2-4-10)11-5-6-19(7-12(11)20)13-16-8-17-14(21)18-13;14-12-16-8-17-13(19-12)18-10-5-6-20(7-10)11-3-1-9(15)2-4-11;14-9-1-3-11(4-2-9)19-6-5-10(7-19)17-12-15-8-16-13(20)18-12/h3-6H,7-10H2,1-2H3,(H,16,17,18,21);1-5,8,12,21H,6-7H2;2-5H,6-9H2,1H3,(H,16,17,18,21);1-5,8,12,20H,6-7H2,(H,16,17,18,21);1-4,8,10H,5-7H2,(H,16,17,18,19);1-4,8,10H,5-7H2,(H2,15,16,17,18,20)/t;;;;2*10-/m....11/s1. The SMILES string of the molecule is Cc1ccc(N2CCN(c3nc(C)[nH]c(=O)n3)CC2)cc1.Cc1nc(N2CCN(c3ccc(F)cc3)CC2)nc(=O)[nH]1.Fc1ccc(N2CC[C@@H](Nc3ncnc(Cl)n3)C2)cc1.O=c1ncnc(N2CC=C(c3ccc(F)cc3)C(O)C2)[nH]1.O=c1ncnc(N[C@@H]2CCN(c3ccc(F)cc3)C2)[nH]1.OC1CN(c2ncnc(Cl)n2)CC=C1c1ccc(F)cc1. The van der Waals surface area contributed by atoms with E-state index in [0.717, 1.165) is 131 Å². The van der Waals surface area contributed by atoms with Crippen LogP contribution < -0.4 is 72.6 Å². The molecule has 41 heteroatoms. The minimum atomic E-state index is -0.748. The number of aromatic nitrogens is 18. The summed E-state index contributed by atoms with van der Waals surface area (Å²) in [5.74, 6) is 2.55. The third-order valence-electron chi connectivity index (χ3n) is 20.4. The van der Waals surface area contributed by atoms with Gasteiger partial charge in [-0.05, 0) is 188 Å². The molecule has 4 atom stereocenters. The maximum Gasteiger partial charge on any atom is 0.349 e. The van der Waals surface area contributed by atoms with E-state index < -0.39 is 23.6 Å². The fourth-order valence-electron chi connectivity index (χ4n) is 14.2. The number of aromatic amines is 4. The first-order chi connectivity index (χ1) is 59.9. The summed E-state index contributed by atoms with van der Waals surface area (Å²) in [5, 5.41) is 27.2. The Morgan fingerprint density at radius 2 is 0.742 bits per heavy atom. The molecule has 0 aliphatic carbocycles. The van der Waals surface area contributed by atoms with E-state index >= 15 is 0 Å². The van der Waals surface area contributed by atoms with E-state index in [0.29, 0.717) is 67.0 Å². The van der Waals surface area contributed by atoms with Crippen LogP contribution in [0.5, 0.6) is 0 Å². The number of rotatable bonds is 14. The summed E-state index contributed by atoms with van der Waals surface area (Å²) in [6, 6.07) is 40.5. The van der Waals surface area contributed by atoms with Crippen LogP contribution in [0.15, 0.2) is 202 Å². The Bertz CT molecular complexity index is 5700. The summed E-state index contributed by atoms with van der Waals surface area (Å²) in [6.07, 6.45) is 9.25. The Labute approximate surface area is 716 Å². The van der Waals surface area contributed by atoms with Gasteiger partial charge in [0.05, 0.1) is 25.3 Å². The highest BCUT2D eigenvalue weighted by atomic mass is 35.5. The number of benzene rings is 6. The van der Waals surface area contributed by atoms with Crippen molar-refractivity contribution in [2.75, 3.05) is 155 Å². The number of nitrogens with one attached hydrogen (secondary N) is 6. The largest absolute Gasteiger partial charge is 0.387 e. The molecule has 12 heterocycles. The first-order valence-corrected chi connectivity index (χ1v) is 40.2. The topological polar surface area (TPSA) is 402 Å². The molecular weight excluding hydrogens is 1650 g/mol. The van der Waals surface area contributed by atoms with Crippen molar-refractivity contribution in [3.8, 4) is 0 Å². The van der Waals surface area contributed by atoms with Gasteiger partial charge in [0.2, 0.25) is 46.3 Å². The van der Waals surface area contributed by atoms with E-state index in [2.05, 4.69) is 156 Å². The van der Waals surface area contributed by atoms with Gasteiger partial charge in [-0.25, -0.2) is 71.0 Å². The molecule has 6 aromatic carbocycles. The number of halogens is 7. The molecule has 4 saturated heterocycles. The molecule has 6 aliphatic heterocycles. The lowest BCUT2D eigenvalue weighted by atomic mass is 9.97. The molecule has 12 aromatic rings. The molecule has 0 bridgehead atoms. The first kappa shape index (κ1) is 88.0. The minimum absolute atomic E-state index is 0.114. The average Bonchev–Trinajstić information content (AvgIpc) is 1.68. The number of aryl methyl sites for hydroxylation is 3. The van der Waals surface area contributed by atoms with E-state index in [1.165, 1.54) is 97.2 Å². The highest BCUT2D eigenvalue weighted by molar-refractivity contribution is 6.28. The fourth-order valence-corrected chi connectivity index (χ4v) is 14.4. The van der Waals surface area contributed by atoms with Crippen molar-refractivity contribution in [3.05, 3.63) is 293 Å². The van der Waals surface area contributed by atoms with Crippen molar-refractivity contribution in [1.29, 1.82) is 0 Å². The second kappa shape index (κ2) is 42.1. The monoisotopic (exact) mass is 1740 g/mol. The van der Waals surface area contributed by atoms with Crippen molar-refractivity contribution < 1.29 is 32.2 Å². The molecule has 0 saturated carbocycles. The van der Waals surface area contributed by atoms with E-state index in [1.54, 1.807) is 84.3 Å². The molecule has 0 spiro atoms. The van der Waals surface area contributed by atoms with E-state index in [-0.39, 0.29) is 69.7 Å². The summed E-state index contributed by atoms with van der Waals surface area (Å²) in [5.41, 5.74) is 6.99. The van der Waals surface area contributed by atoms with E-state index in [9.17, 15) is 51.3 Å². The van der Waals surface area contributed by atoms with E-state index in [4.69, 9.17) is 23.2 Å². The number of hydrogen-bond acceptors (Lipinski definition) is 30. The van der Waals surface area contributed by atoms with Gasteiger partial charge in [0.25, 0.3) is 0 Å². The lowest BCUT2D eigenvalue weighted by Gasteiger charge is -2.36. The molecule has 34 nitrogen and oxygen atoms in total. The molecule has 644 valence electrons. The molecule has 6 aliphatic rings. The van der Waals surface area contributed by atoms with Gasteiger partial charge in [-0.3, -0.25) is 19.9 Å². The van der Waals surface area contributed by atoms with Crippen LogP contribution in [0.4, 0.5) is 80.4 Å². The molecule has 18 rings (SSSR count). The minimum Gasteiger partial charge on any atom is -0.387 e. The zero-order valence-electron chi connectivity index (χ0n) is 67.4. The molecule has 2 unspecified atom stereocenters. The second-order valence-electron chi connectivity index (χ2n) is 29.0. The third kappa shape index (κ3) is 25.2. The Hall–Kier alpha value is -13.8. The summed E-state index contributed by atoms with van der Waals surface area (Å²) in [7, 11) is 0. The predicted molar refractivity (Wildman–Crippen MR) is 463 cm³/mol.